The van der Waals surface area contributed by atoms with E-state index in [1.54, 1.807) is 27.2 Å². The van der Waals surface area contributed by atoms with Crippen LogP contribution in [0.2, 0.25) is 0 Å². The van der Waals surface area contributed by atoms with Crippen LogP contribution in [-0.4, -0.2) is 25.3 Å². The molecule has 0 saturated carbocycles. The molecule has 1 aromatic carbocycles. The van der Waals surface area contributed by atoms with Crippen LogP contribution < -0.4 is 15.2 Å². The largest absolute Gasteiger partial charge is 0.496 e. The SMILES string of the molecule is COc1cc(C(N)C(C)C(=O)O)c(OC)c(C)c1C. The molecular weight excluding hydrogens is 246 g/mol. The Morgan fingerprint density at radius 2 is 1.84 bits per heavy atom. The summed E-state index contributed by atoms with van der Waals surface area (Å²) < 4.78 is 10.7. The molecule has 0 fully saturated rings. The molecule has 0 spiro atoms. The van der Waals surface area contributed by atoms with Crippen LogP contribution in [0.1, 0.15) is 29.7 Å². The van der Waals surface area contributed by atoms with Gasteiger partial charge in [0.05, 0.1) is 20.1 Å². The third-order valence-electron chi connectivity index (χ3n) is 3.53. The Bertz CT molecular complexity index is 485. The maximum Gasteiger partial charge on any atom is 0.308 e. The van der Waals surface area contributed by atoms with Crippen LogP contribution in [0, 0.1) is 19.8 Å². The van der Waals surface area contributed by atoms with Gasteiger partial charge in [-0.05, 0) is 31.0 Å². The quantitative estimate of drug-likeness (QED) is 0.853. The Labute approximate surface area is 113 Å². The highest BCUT2D eigenvalue weighted by molar-refractivity contribution is 5.71. The van der Waals surface area contributed by atoms with Gasteiger partial charge in [-0.2, -0.15) is 0 Å². The van der Waals surface area contributed by atoms with E-state index in [2.05, 4.69) is 0 Å². The number of carbonyl (C=O) groups is 1. The number of benzene rings is 1. The van der Waals surface area contributed by atoms with Gasteiger partial charge in [-0.15, -0.1) is 0 Å². The van der Waals surface area contributed by atoms with Crippen molar-refractivity contribution in [1.82, 2.24) is 0 Å². The van der Waals surface area contributed by atoms with E-state index in [4.69, 9.17) is 20.3 Å². The van der Waals surface area contributed by atoms with Crippen LogP contribution in [0.4, 0.5) is 0 Å². The summed E-state index contributed by atoms with van der Waals surface area (Å²) >= 11 is 0. The zero-order chi connectivity index (χ0) is 14.7. The molecule has 106 valence electrons. The van der Waals surface area contributed by atoms with Gasteiger partial charge in [-0.1, -0.05) is 6.92 Å². The maximum absolute atomic E-state index is 11.1. The summed E-state index contributed by atoms with van der Waals surface area (Å²) in [6.45, 7) is 5.40. The second-order valence-corrected chi connectivity index (χ2v) is 4.60. The van der Waals surface area contributed by atoms with E-state index in [1.807, 2.05) is 13.8 Å². The van der Waals surface area contributed by atoms with Crippen LogP contribution in [0.25, 0.3) is 0 Å². The van der Waals surface area contributed by atoms with Crippen molar-refractivity contribution in [1.29, 1.82) is 0 Å². The van der Waals surface area contributed by atoms with Gasteiger partial charge in [-0.25, -0.2) is 0 Å². The fraction of sp³-hybridized carbons (Fsp3) is 0.500. The van der Waals surface area contributed by atoms with Gasteiger partial charge in [-0.3, -0.25) is 4.79 Å². The molecule has 1 rings (SSSR count). The smallest absolute Gasteiger partial charge is 0.308 e. The van der Waals surface area contributed by atoms with E-state index in [0.29, 0.717) is 17.1 Å². The van der Waals surface area contributed by atoms with E-state index in [0.717, 1.165) is 11.1 Å². The van der Waals surface area contributed by atoms with Crippen molar-refractivity contribution < 1.29 is 19.4 Å². The summed E-state index contributed by atoms with van der Waals surface area (Å²) in [7, 11) is 3.13. The highest BCUT2D eigenvalue weighted by Crippen LogP contribution is 2.37. The van der Waals surface area contributed by atoms with Gasteiger partial charge in [0.25, 0.3) is 0 Å². The standard InChI is InChI=1S/C14H21NO4/c1-7-8(2)13(19-5)10(6-11(7)18-4)12(15)9(3)14(16)17/h6,9,12H,15H2,1-5H3,(H,16,17). The number of aliphatic carboxylic acids is 1. The van der Waals surface area contributed by atoms with Gasteiger partial charge in [0.1, 0.15) is 11.5 Å². The maximum atomic E-state index is 11.1. The Morgan fingerprint density at radius 3 is 2.26 bits per heavy atom. The summed E-state index contributed by atoms with van der Waals surface area (Å²) in [5.41, 5.74) is 8.56. The third-order valence-corrected chi connectivity index (χ3v) is 3.53. The molecule has 0 radical (unpaired) electrons. The first kappa shape index (κ1) is 15.3. The van der Waals surface area contributed by atoms with E-state index in [1.165, 1.54) is 0 Å². The van der Waals surface area contributed by atoms with E-state index in [9.17, 15) is 4.79 Å². The molecule has 2 unspecified atom stereocenters. The lowest BCUT2D eigenvalue weighted by atomic mass is 9.91. The molecule has 2 atom stereocenters. The average Bonchev–Trinajstić information content (AvgIpc) is 2.39. The first-order chi connectivity index (χ1) is 8.84. The average molecular weight is 267 g/mol. The number of ether oxygens (including phenoxy) is 2. The van der Waals surface area contributed by atoms with Crippen LogP contribution >= 0.6 is 0 Å². The molecule has 0 heterocycles. The molecule has 0 aliphatic rings. The van der Waals surface area contributed by atoms with Crippen LogP contribution in [0.5, 0.6) is 11.5 Å². The Morgan fingerprint density at radius 1 is 1.26 bits per heavy atom. The summed E-state index contributed by atoms with van der Waals surface area (Å²) in [4.78, 5) is 11.1. The summed E-state index contributed by atoms with van der Waals surface area (Å²) in [5.74, 6) is -0.340. The summed E-state index contributed by atoms with van der Waals surface area (Å²) in [6, 6.07) is 1.10. The molecular formula is C14H21NO4. The second kappa shape index (κ2) is 5.93. The van der Waals surface area contributed by atoms with E-state index in [-0.39, 0.29) is 0 Å². The van der Waals surface area contributed by atoms with Gasteiger partial charge in [0.2, 0.25) is 0 Å². The van der Waals surface area contributed by atoms with Crippen LogP contribution in [-0.2, 0) is 4.79 Å². The minimum atomic E-state index is -0.938. The number of methoxy groups -OCH3 is 2. The van der Waals surface area contributed by atoms with Crippen molar-refractivity contribution in [2.45, 2.75) is 26.8 Å². The highest BCUT2D eigenvalue weighted by Gasteiger charge is 2.26. The summed E-state index contributed by atoms with van der Waals surface area (Å²) in [5, 5.41) is 9.08. The normalized spacial score (nSPS) is 13.8. The third kappa shape index (κ3) is 2.81. The molecule has 0 saturated heterocycles. The first-order valence-electron chi connectivity index (χ1n) is 6.05. The Balaban J connectivity index is 3.41. The van der Waals surface area contributed by atoms with Crippen LogP contribution in [0.3, 0.4) is 0 Å². The first-order valence-corrected chi connectivity index (χ1v) is 6.05. The molecule has 3 N–H and O–H groups in total. The number of carboxylic acids is 1. The number of hydrogen-bond acceptors (Lipinski definition) is 4. The lowest BCUT2D eigenvalue weighted by Gasteiger charge is -2.23. The van der Waals surface area contributed by atoms with Crippen molar-refractivity contribution in [3.8, 4) is 11.5 Å². The lowest BCUT2D eigenvalue weighted by Crippen LogP contribution is -2.26. The minimum Gasteiger partial charge on any atom is -0.496 e. The van der Waals surface area contributed by atoms with Crippen molar-refractivity contribution in [2.24, 2.45) is 11.7 Å². The molecule has 19 heavy (non-hydrogen) atoms. The monoisotopic (exact) mass is 267 g/mol. The fourth-order valence-electron chi connectivity index (χ4n) is 2.04. The molecule has 0 aliphatic heterocycles. The Kier molecular flexibility index (Phi) is 4.78. The Hall–Kier alpha value is -1.75. The van der Waals surface area contributed by atoms with Gasteiger partial charge in [0.15, 0.2) is 0 Å². The van der Waals surface area contributed by atoms with Crippen molar-refractivity contribution >= 4 is 5.97 Å². The zero-order valence-corrected chi connectivity index (χ0v) is 12.0. The van der Waals surface area contributed by atoms with Crippen molar-refractivity contribution in [3.05, 3.63) is 22.8 Å². The van der Waals surface area contributed by atoms with Crippen molar-refractivity contribution in [3.63, 3.8) is 0 Å². The molecule has 5 heteroatoms. The van der Waals surface area contributed by atoms with E-state index < -0.39 is 17.9 Å². The van der Waals surface area contributed by atoms with Gasteiger partial charge < -0.3 is 20.3 Å². The lowest BCUT2D eigenvalue weighted by molar-refractivity contribution is -0.141. The van der Waals surface area contributed by atoms with Crippen molar-refractivity contribution in [2.75, 3.05) is 14.2 Å². The van der Waals surface area contributed by atoms with E-state index >= 15 is 0 Å². The predicted octanol–water partition coefficient (Wildman–Crippen LogP) is 2.04. The number of nitrogens with two attached hydrogens (primary N) is 1. The molecule has 1 aromatic rings. The predicted molar refractivity (Wildman–Crippen MR) is 72.7 cm³/mol. The number of carboxylic acid groups (broad SMARTS) is 1. The topological polar surface area (TPSA) is 81.8 Å². The molecule has 0 aliphatic carbocycles. The van der Waals surface area contributed by atoms with Gasteiger partial charge in [0, 0.05) is 11.6 Å². The number of hydrogen-bond donors (Lipinski definition) is 2. The van der Waals surface area contributed by atoms with Gasteiger partial charge >= 0.3 is 5.97 Å². The van der Waals surface area contributed by atoms with Crippen LogP contribution in [0.15, 0.2) is 6.07 Å². The molecule has 5 nitrogen and oxygen atoms in total. The molecule has 0 bridgehead atoms. The zero-order valence-electron chi connectivity index (χ0n) is 12.0. The number of rotatable bonds is 5. The second-order valence-electron chi connectivity index (χ2n) is 4.60. The minimum absolute atomic E-state index is 0.624. The molecule has 0 aromatic heterocycles. The summed E-state index contributed by atoms with van der Waals surface area (Å²) in [6.07, 6.45) is 0. The molecule has 0 amide bonds. The fourth-order valence-corrected chi connectivity index (χ4v) is 2.04. The highest BCUT2D eigenvalue weighted by atomic mass is 16.5.